The van der Waals surface area contributed by atoms with Crippen molar-refractivity contribution in [3.8, 4) is 0 Å². The zero-order valence-electron chi connectivity index (χ0n) is 11.3. The number of rotatable bonds is 6. The van der Waals surface area contributed by atoms with Gasteiger partial charge in [0.15, 0.2) is 0 Å². The number of nitrogens with two attached hydrogens (primary N) is 1. The number of benzene rings is 1. The van der Waals surface area contributed by atoms with Gasteiger partial charge in [-0.2, -0.15) is 0 Å². The summed E-state index contributed by atoms with van der Waals surface area (Å²) < 4.78 is 5.47. The van der Waals surface area contributed by atoms with Crippen LogP contribution in [0.15, 0.2) is 47.1 Å². The topological polar surface area (TPSA) is 42.4 Å². The predicted octanol–water partition coefficient (Wildman–Crippen LogP) is 3.08. The average molecular weight is 286 g/mol. The molecule has 20 heavy (non-hydrogen) atoms. The molecule has 0 saturated heterocycles. The third-order valence-electron chi connectivity index (χ3n) is 3.66. The molecule has 1 aromatic heterocycles. The van der Waals surface area contributed by atoms with Crippen molar-refractivity contribution in [3.63, 3.8) is 0 Å². The fraction of sp³-hybridized carbons (Fsp3) is 0.312. The van der Waals surface area contributed by atoms with Gasteiger partial charge in [-0.25, -0.2) is 0 Å². The van der Waals surface area contributed by atoms with Crippen LogP contribution in [0.3, 0.4) is 0 Å². The van der Waals surface area contributed by atoms with Crippen molar-refractivity contribution < 1.29 is 4.42 Å². The maximum atomic E-state index is 5.81. The zero-order valence-corrected chi connectivity index (χ0v) is 12.1. The monoisotopic (exact) mass is 286 g/mol. The van der Waals surface area contributed by atoms with E-state index in [0.29, 0.717) is 11.0 Å². The summed E-state index contributed by atoms with van der Waals surface area (Å²) in [5.41, 5.74) is 7.98. The third kappa shape index (κ3) is 3.08. The molecule has 1 fully saturated rings. The Labute approximate surface area is 124 Å². The molecular formula is C16H18N2OS. The van der Waals surface area contributed by atoms with Crippen LogP contribution in [0, 0.1) is 0 Å². The molecule has 1 aliphatic rings. The molecule has 1 saturated carbocycles. The van der Waals surface area contributed by atoms with Gasteiger partial charge in [0.2, 0.25) is 0 Å². The number of hydrogen-bond donors (Lipinski definition) is 1. The van der Waals surface area contributed by atoms with E-state index < -0.39 is 0 Å². The van der Waals surface area contributed by atoms with Crippen LogP contribution in [0.2, 0.25) is 0 Å². The number of thiocarbonyl (C=S) groups is 1. The van der Waals surface area contributed by atoms with Crippen LogP contribution in [0.5, 0.6) is 0 Å². The molecule has 0 aliphatic heterocycles. The third-order valence-corrected chi connectivity index (χ3v) is 3.88. The Morgan fingerprint density at radius 2 is 2.00 bits per heavy atom. The number of nitrogens with zero attached hydrogens (tertiary/aromatic N) is 1. The Balaban J connectivity index is 1.78. The van der Waals surface area contributed by atoms with E-state index in [4.69, 9.17) is 22.4 Å². The summed E-state index contributed by atoms with van der Waals surface area (Å²) in [7, 11) is 0. The van der Waals surface area contributed by atoms with Crippen molar-refractivity contribution in [3.05, 3.63) is 59.5 Å². The minimum absolute atomic E-state index is 0.467. The normalized spacial score (nSPS) is 14.7. The Morgan fingerprint density at radius 1 is 1.20 bits per heavy atom. The second-order valence-corrected chi connectivity index (χ2v) is 5.68. The van der Waals surface area contributed by atoms with Crippen molar-refractivity contribution in [2.24, 2.45) is 5.73 Å². The smallest absolute Gasteiger partial charge is 0.117 e. The van der Waals surface area contributed by atoms with Crippen LogP contribution < -0.4 is 5.73 Å². The Kier molecular flexibility index (Phi) is 3.85. The SMILES string of the molecule is NC(=S)c1ccccc1CN(Cc1ccco1)C1CC1. The van der Waals surface area contributed by atoms with Gasteiger partial charge in [0.05, 0.1) is 12.8 Å². The molecule has 2 aromatic rings. The molecule has 3 rings (SSSR count). The van der Waals surface area contributed by atoms with Crippen LogP contribution in [0.25, 0.3) is 0 Å². The lowest BCUT2D eigenvalue weighted by molar-refractivity contribution is 0.225. The highest BCUT2D eigenvalue weighted by Gasteiger charge is 2.29. The summed E-state index contributed by atoms with van der Waals surface area (Å²) in [6, 6.07) is 12.7. The molecular weight excluding hydrogens is 268 g/mol. The van der Waals surface area contributed by atoms with E-state index in [0.717, 1.165) is 24.4 Å². The second kappa shape index (κ2) is 5.77. The quantitative estimate of drug-likeness (QED) is 0.829. The van der Waals surface area contributed by atoms with Crippen LogP contribution >= 0.6 is 12.2 Å². The molecule has 0 amide bonds. The molecule has 104 valence electrons. The fourth-order valence-electron chi connectivity index (χ4n) is 2.47. The van der Waals surface area contributed by atoms with Crippen LogP contribution in [0.1, 0.15) is 29.7 Å². The van der Waals surface area contributed by atoms with Crippen molar-refractivity contribution in [1.82, 2.24) is 4.90 Å². The average Bonchev–Trinajstić information content (AvgIpc) is 3.17. The maximum absolute atomic E-state index is 5.81. The van der Waals surface area contributed by atoms with Gasteiger partial charge < -0.3 is 10.2 Å². The summed E-state index contributed by atoms with van der Waals surface area (Å²) in [4.78, 5) is 2.91. The Morgan fingerprint density at radius 3 is 2.65 bits per heavy atom. The standard InChI is InChI=1S/C16H18N2OS/c17-16(20)15-6-2-1-4-12(15)10-18(13-7-8-13)11-14-5-3-9-19-14/h1-6,9,13H,7-8,10-11H2,(H2,17,20). The highest BCUT2D eigenvalue weighted by molar-refractivity contribution is 7.80. The second-order valence-electron chi connectivity index (χ2n) is 5.24. The Bertz CT molecular complexity index is 590. The fourth-order valence-corrected chi connectivity index (χ4v) is 2.67. The number of hydrogen-bond acceptors (Lipinski definition) is 3. The van der Waals surface area contributed by atoms with E-state index >= 15 is 0 Å². The van der Waals surface area contributed by atoms with Crippen molar-refractivity contribution in [2.45, 2.75) is 32.0 Å². The number of furan rings is 1. The van der Waals surface area contributed by atoms with Gasteiger partial charge in [0.25, 0.3) is 0 Å². The molecule has 1 aromatic carbocycles. The van der Waals surface area contributed by atoms with E-state index in [2.05, 4.69) is 11.0 Å². The Hall–Kier alpha value is -1.65. The lowest BCUT2D eigenvalue weighted by Gasteiger charge is -2.22. The molecule has 4 heteroatoms. The minimum atomic E-state index is 0.467. The summed E-state index contributed by atoms with van der Waals surface area (Å²) >= 11 is 5.14. The zero-order chi connectivity index (χ0) is 13.9. The van der Waals surface area contributed by atoms with E-state index in [1.807, 2.05) is 30.3 Å². The molecule has 0 unspecified atom stereocenters. The summed E-state index contributed by atoms with van der Waals surface area (Å²) in [5.74, 6) is 1.00. The highest BCUT2D eigenvalue weighted by atomic mass is 32.1. The van der Waals surface area contributed by atoms with Gasteiger partial charge in [-0.05, 0) is 30.5 Å². The predicted molar refractivity (Wildman–Crippen MR) is 83.3 cm³/mol. The first-order valence-corrected chi connectivity index (χ1v) is 7.29. The molecule has 3 nitrogen and oxygen atoms in total. The molecule has 2 N–H and O–H groups in total. The van der Waals surface area contributed by atoms with Gasteiger partial charge in [-0.15, -0.1) is 0 Å². The first-order chi connectivity index (χ1) is 9.74. The van der Waals surface area contributed by atoms with Crippen molar-refractivity contribution in [2.75, 3.05) is 0 Å². The summed E-state index contributed by atoms with van der Waals surface area (Å²) in [6.45, 7) is 1.70. The first-order valence-electron chi connectivity index (χ1n) is 6.88. The van der Waals surface area contributed by atoms with E-state index in [-0.39, 0.29) is 0 Å². The van der Waals surface area contributed by atoms with Crippen LogP contribution in [0.4, 0.5) is 0 Å². The highest BCUT2D eigenvalue weighted by Crippen LogP contribution is 2.30. The maximum Gasteiger partial charge on any atom is 0.117 e. The van der Waals surface area contributed by atoms with Gasteiger partial charge >= 0.3 is 0 Å². The lowest BCUT2D eigenvalue weighted by atomic mass is 10.1. The van der Waals surface area contributed by atoms with Crippen molar-refractivity contribution in [1.29, 1.82) is 0 Å². The van der Waals surface area contributed by atoms with E-state index in [1.54, 1.807) is 6.26 Å². The molecule has 1 heterocycles. The molecule has 0 atom stereocenters. The van der Waals surface area contributed by atoms with E-state index in [9.17, 15) is 0 Å². The molecule has 0 bridgehead atoms. The van der Waals surface area contributed by atoms with Gasteiger partial charge in [-0.1, -0.05) is 36.5 Å². The van der Waals surface area contributed by atoms with Crippen molar-refractivity contribution >= 4 is 17.2 Å². The van der Waals surface area contributed by atoms with Gasteiger partial charge in [0.1, 0.15) is 10.7 Å². The van der Waals surface area contributed by atoms with Crippen LogP contribution in [-0.2, 0) is 13.1 Å². The van der Waals surface area contributed by atoms with Crippen LogP contribution in [-0.4, -0.2) is 15.9 Å². The lowest BCUT2D eigenvalue weighted by Crippen LogP contribution is -2.26. The van der Waals surface area contributed by atoms with Gasteiger partial charge in [-0.3, -0.25) is 4.90 Å². The van der Waals surface area contributed by atoms with Gasteiger partial charge in [0, 0.05) is 18.2 Å². The van der Waals surface area contributed by atoms with E-state index in [1.165, 1.54) is 18.4 Å². The minimum Gasteiger partial charge on any atom is -0.468 e. The first kappa shape index (κ1) is 13.3. The molecule has 0 spiro atoms. The largest absolute Gasteiger partial charge is 0.468 e. The summed E-state index contributed by atoms with van der Waals surface area (Å²) in [6.07, 6.45) is 4.25. The molecule has 0 radical (unpaired) electrons. The molecule has 1 aliphatic carbocycles. The summed E-state index contributed by atoms with van der Waals surface area (Å²) in [5, 5.41) is 0.